The van der Waals surface area contributed by atoms with Gasteiger partial charge in [0, 0.05) is 31.0 Å². The highest BCUT2D eigenvalue weighted by molar-refractivity contribution is 6.34. The number of halogens is 1. The summed E-state index contributed by atoms with van der Waals surface area (Å²) in [6, 6.07) is 11.0. The van der Waals surface area contributed by atoms with Gasteiger partial charge in [-0.25, -0.2) is 0 Å². The molecule has 2 N–H and O–H groups in total. The quantitative estimate of drug-likeness (QED) is 0.790. The van der Waals surface area contributed by atoms with E-state index >= 15 is 0 Å². The number of carbonyl (C=O) groups is 4. The average Bonchev–Trinajstić information content (AvgIpc) is 2.95. The summed E-state index contributed by atoms with van der Waals surface area (Å²) in [4.78, 5) is 48.4. The number of rotatable bonds is 4. The number of nitrogens with one attached hydrogen (secondary N) is 2. The highest BCUT2D eigenvalue weighted by Crippen LogP contribution is 2.27. The second kappa shape index (κ2) is 7.59. The minimum atomic E-state index is -0.417. The molecule has 0 unspecified atom stereocenters. The first-order chi connectivity index (χ1) is 12.8. The maximum atomic E-state index is 12.5. The van der Waals surface area contributed by atoms with E-state index in [4.69, 9.17) is 11.6 Å². The molecule has 7 nitrogen and oxygen atoms in total. The molecule has 3 rings (SSSR count). The van der Waals surface area contributed by atoms with Crippen LogP contribution >= 0.6 is 11.6 Å². The lowest BCUT2D eigenvalue weighted by Gasteiger charge is -2.15. The van der Waals surface area contributed by atoms with Gasteiger partial charge in [0.05, 0.1) is 16.4 Å². The molecule has 0 aromatic heterocycles. The fraction of sp³-hybridized carbons (Fsp3) is 0.158. The van der Waals surface area contributed by atoms with E-state index in [0.717, 1.165) is 4.90 Å². The first-order valence-corrected chi connectivity index (χ1v) is 8.57. The number of anilines is 3. The van der Waals surface area contributed by atoms with E-state index in [0.29, 0.717) is 22.6 Å². The van der Waals surface area contributed by atoms with Crippen LogP contribution in [0, 0.1) is 0 Å². The van der Waals surface area contributed by atoms with Crippen LogP contribution in [-0.2, 0) is 14.4 Å². The van der Waals surface area contributed by atoms with Crippen molar-refractivity contribution in [1.29, 1.82) is 0 Å². The van der Waals surface area contributed by atoms with Gasteiger partial charge in [0.15, 0.2) is 0 Å². The molecule has 0 saturated carbocycles. The van der Waals surface area contributed by atoms with Crippen LogP contribution in [0.15, 0.2) is 42.5 Å². The summed E-state index contributed by atoms with van der Waals surface area (Å²) >= 11 is 6.10. The number of imide groups is 1. The molecule has 4 amide bonds. The first-order valence-electron chi connectivity index (χ1n) is 8.19. The number of hydrogen-bond acceptors (Lipinski definition) is 4. The van der Waals surface area contributed by atoms with Crippen molar-refractivity contribution in [3.8, 4) is 0 Å². The predicted molar refractivity (Wildman–Crippen MR) is 102 cm³/mol. The van der Waals surface area contributed by atoms with Crippen LogP contribution in [0.5, 0.6) is 0 Å². The summed E-state index contributed by atoms with van der Waals surface area (Å²) < 4.78 is 0. The van der Waals surface area contributed by atoms with E-state index in [-0.39, 0.29) is 35.6 Å². The van der Waals surface area contributed by atoms with E-state index in [9.17, 15) is 19.2 Å². The third kappa shape index (κ3) is 4.15. The monoisotopic (exact) mass is 385 g/mol. The van der Waals surface area contributed by atoms with E-state index < -0.39 is 5.91 Å². The van der Waals surface area contributed by atoms with Gasteiger partial charge in [-0.15, -0.1) is 0 Å². The van der Waals surface area contributed by atoms with Crippen molar-refractivity contribution in [1.82, 2.24) is 0 Å². The van der Waals surface area contributed by atoms with Crippen LogP contribution in [-0.4, -0.2) is 23.6 Å². The molecule has 1 aliphatic rings. The average molecular weight is 386 g/mol. The Hall–Kier alpha value is -3.19. The molecular weight excluding hydrogens is 370 g/mol. The highest BCUT2D eigenvalue weighted by Gasteiger charge is 2.30. The minimum absolute atomic E-state index is 0.175. The summed E-state index contributed by atoms with van der Waals surface area (Å²) in [5, 5.41) is 5.56. The Kier molecular flexibility index (Phi) is 5.23. The second-order valence-corrected chi connectivity index (χ2v) is 6.41. The van der Waals surface area contributed by atoms with Crippen LogP contribution in [0.25, 0.3) is 0 Å². The van der Waals surface area contributed by atoms with Gasteiger partial charge in [-0.1, -0.05) is 17.7 Å². The summed E-state index contributed by atoms with van der Waals surface area (Å²) in [5.41, 5.74) is 1.55. The van der Waals surface area contributed by atoms with Crippen LogP contribution in [0.4, 0.5) is 17.1 Å². The topological polar surface area (TPSA) is 95.6 Å². The second-order valence-electron chi connectivity index (χ2n) is 6.00. The lowest BCUT2D eigenvalue weighted by Crippen LogP contribution is -2.28. The lowest BCUT2D eigenvalue weighted by atomic mass is 10.1. The summed E-state index contributed by atoms with van der Waals surface area (Å²) in [5.74, 6) is -1.23. The van der Waals surface area contributed by atoms with Crippen molar-refractivity contribution >= 4 is 52.3 Å². The van der Waals surface area contributed by atoms with Gasteiger partial charge in [-0.05, 0) is 36.4 Å². The molecule has 0 radical (unpaired) electrons. The van der Waals surface area contributed by atoms with E-state index in [1.165, 1.54) is 19.1 Å². The standard InChI is InChI=1S/C19H16ClN3O4/c1-11(24)21-16-6-5-13(10-15(16)20)22-19(27)12-3-2-4-14(9-12)23-17(25)7-8-18(23)26/h2-6,9-10H,7-8H2,1H3,(H,21,24)(H,22,27). The van der Waals surface area contributed by atoms with Gasteiger partial charge < -0.3 is 10.6 Å². The van der Waals surface area contributed by atoms with E-state index in [1.54, 1.807) is 30.3 Å². The minimum Gasteiger partial charge on any atom is -0.325 e. The van der Waals surface area contributed by atoms with Gasteiger partial charge in [0.25, 0.3) is 5.91 Å². The number of carbonyl (C=O) groups excluding carboxylic acids is 4. The molecule has 8 heteroatoms. The van der Waals surface area contributed by atoms with E-state index in [1.807, 2.05) is 0 Å². The van der Waals surface area contributed by atoms with Crippen molar-refractivity contribution in [3.05, 3.63) is 53.1 Å². The molecule has 0 spiro atoms. The van der Waals surface area contributed by atoms with Gasteiger partial charge >= 0.3 is 0 Å². The van der Waals surface area contributed by atoms with Gasteiger partial charge in [0.2, 0.25) is 17.7 Å². The van der Waals surface area contributed by atoms with Gasteiger partial charge in [-0.3, -0.25) is 24.1 Å². The van der Waals surface area contributed by atoms with Crippen molar-refractivity contribution in [2.24, 2.45) is 0 Å². The highest BCUT2D eigenvalue weighted by atomic mass is 35.5. The molecule has 0 atom stereocenters. The molecular formula is C19H16ClN3O4. The zero-order valence-corrected chi connectivity index (χ0v) is 15.2. The molecule has 1 fully saturated rings. The smallest absolute Gasteiger partial charge is 0.255 e. The molecule has 2 aromatic carbocycles. The molecule has 1 heterocycles. The Bertz CT molecular complexity index is 942. The van der Waals surface area contributed by atoms with Crippen molar-refractivity contribution < 1.29 is 19.2 Å². The fourth-order valence-corrected chi connectivity index (χ4v) is 2.97. The number of benzene rings is 2. The van der Waals surface area contributed by atoms with Gasteiger partial charge in [-0.2, -0.15) is 0 Å². The molecule has 1 aliphatic heterocycles. The van der Waals surface area contributed by atoms with Crippen molar-refractivity contribution in [3.63, 3.8) is 0 Å². The Balaban J connectivity index is 1.78. The number of nitrogens with zero attached hydrogens (tertiary/aromatic N) is 1. The maximum Gasteiger partial charge on any atom is 0.255 e. The molecule has 0 aliphatic carbocycles. The molecule has 0 bridgehead atoms. The summed E-state index contributed by atoms with van der Waals surface area (Å²) in [6.07, 6.45) is 0.350. The number of hydrogen-bond donors (Lipinski definition) is 2. The number of amides is 4. The largest absolute Gasteiger partial charge is 0.325 e. The summed E-state index contributed by atoms with van der Waals surface area (Å²) in [6.45, 7) is 1.37. The predicted octanol–water partition coefficient (Wildman–Crippen LogP) is 3.20. The van der Waals surface area contributed by atoms with Gasteiger partial charge in [0.1, 0.15) is 0 Å². The molecule has 27 heavy (non-hydrogen) atoms. The third-order valence-corrected chi connectivity index (χ3v) is 4.27. The Morgan fingerprint density at radius 2 is 1.70 bits per heavy atom. The van der Waals surface area contributed by atoms with Crippen LogP contribution in [0.3, 0.4) is 0 Å². The van der Waals surface area contributed by atoms with Crippen LogP contribution in [0.1, 0.15) is 30.1 Å². The zero-order valence-electron chi connectivity index (χ0n) is 14.4. The first kappa shape index (κ1) is 18.6. The van der Waals surface area contributed by atoms with Crippen molar-refractivity contribution in [2.45, 2.75) is 19.8 Å². The molecule has 2 aromatic rings. The Morgan fingerprint density at radius 3 is 2.33 bits per heavy atom. The van der Waals surface area contributed by atoms with E-state index in [2.05, 4.69) is 10.6 Å². The third-order valence-electron chi connectivity index (χ3n) is 3.96. The maximum absolute atomic E-state index is 12.5. The zero-order chi connectivity index (χ0) is 19.6. The fourth-order valence-electron chi connectivity index (χ4n) is 2.74. The summed E-state index contributed by atoms with van der Waals surface area (Å²) in [7, 11) is 0. The van der Waals surface area contributed by atoms with Crippen LogP contribution in [0.2, 0.25) is 5.02 Å². The Labute approximate surface area is 160 Å². The molecule has 138 valence electrons. The normalized spacial score (nSPS) is 13.6. The van der Waals surface area contributed by atoms with Crippen LogP contribution < -0.4 is 15.5 Å². The molecule has 1 saturated heterocycles. The lowest BCUT2D eigenvalue weighted by molar-refractivity contribution is -0.121. The Morgan fingerprint density at radius 1 is 1.00 bits per heavy atom. The van der Waals surface area contributed by atoms with Crippen molar-refractivity contribution in [2.75, 3.05) is 15.5 Å². The SMILES string of the molecule is CC(=O)Nc1ccc(NC(=O)c2cccc(N3C(=O)CCC3=O)c2)cc1Cl.